The summed E-state index contributed by atoms with van der Waals surface area (Å²) in [5.74, 6) is 2.69. The molecule has 0 aliphatic rings. The predicted octanol–water partition coefficient (Wildman–Crippen LogP) is 1.89. The number of hydrogen-bond donors (Lipinski definition) is 1. The zero-order chi connectivity index (χ0) is 10.4. The lowest BCUT2D eigenvalue weighted by atomic mass is 10.2. The van der Waals surface area contributed by atoms with E-state index in [2.05, 4.69) is 29.2 Å². The van der Waals surface area contributed by atoms with Crippen molar-refractivity contribution in [3.05, 3.63) is 29.6 Å². The van der Waals surface area contributed by atoms with Crippen LogP contribution >= 0.6 is 0 Å². The molecule has 14 heavy (non-hydrogen) atoms. The van der Waals surface area contributed by atoms with Gasteiger partial charge in [-0.2, -0.15) is 0 Å². The molecule has 1 unspecified atom stereocenters. The fourth-order valence-electron chi connectivity index (χ4n) is 1.15. The Bertz CT molecular complexity index is 308. The molecule has 0 saturated carbocycles. The van der Waals surface area contributed by atoms with Crippen LogP contribution < -0.4 is 5.32 Å². The lowest BCUT2D eigenvalue weighted by Gasteiger charge is -2.09. The van der Waals surface area contributed by atoms with Gasteiger partial charge >= 0.3 is 0 Å². The fourth-order valence-corrected chi connectivity index (χ4v) is 1.15. The summed E-state index contributed by atoms with van der Waals surface area (Å²) in [4.78, 5) is 4.29. The molecule has 0 aromatic carbocycles. The van der Waals surface area contributed by atoms with Crippen LogP contribution in [0.5, 0.6) is 0 Å². The third kappa shape index (κ3) is 3.20. The van der Waals surface area contributed by atoms with Gasteiger partial charge in [0.2, 0.25) is 0 Å². The first-order valence-corrected chi connectivity index (χ1v) is 4.87. The van der Waals surface area contributed by atoms with Gasteiger partial charge < -0.3 is 0 Å². The first kappa shape index (κ1) is 10.7. The Morgan fingerprint density at radius 2 is 2.36 bits per heavy atom. The third-order valence-corrected chi connectivity index (χ3v) is 2.11. The minimum absolute atomic E-state index is 0.151. The minimum Gasteiger partial charge on any atom is -0.298 e. The van der Waals surface area contributed by atoms with Gasteiger partial charge in [-0.15, -0.1) is 6.42 Å². The average molecular weight is 188 g/mol. The Hall–Kier alpha value is -1.33. The van der Waals surface area contributed by atoms with E-state index in [4.69, 9.17) is 6.42 Å². The molecule has 0 fully saturated rings. The summed E-state index contributed by atoms with van der Waals surface area (Å²) in [5.41, 5.74) is 2.21. The monoisotopic (exact) mass is 188 g/mol. The molecule has 1 aromatic rings. The molecule has 0 amide bonds. The van der Waals surface area contributed by atoms with Gasteiger partial charge in [0.1, 0.15) is 0 Å². The van der Waals surface area contributed by atoms with Gasteiger partial charge in [-0.05, 0) is 25.0 Å². The SMILES string of the molecule is C#CC(CC)NCc1ccc(C)cn1. The average Bonchev–Trinajstić information content (AvgIpc) is 2.22. The zero-order valence-electron chi connectivity index (χ0n) is 8.75. The lowest BCUT2D eigenvalue weighted by molar-refractivity contribution is 0.585. The molecule has 1 heterocycles. The summed E-state index contributed by atoms with van der Waals surface area (Å²) in [6.07, 6.45) is 8.15. The molecule has 74 valence electrons. The number of aryl methyl sites for hydroxylation is 1. The largest absolute Gasteiger partial charge is 0.298 e. The quantitative estimate of drug-likeness (QED) is 0.730. The van der Waals surface area contributed by atoms with Crippen molar-refractivity contribution in [2.75, 3.05) is 0 Å². The molecule has 0 bridgehead atoms. The second-order valence-corrected chi connectivity index (χ2v) is 3.34. The highest BCUT2D eigenvalue weighted by Crippen LogP contribution is 1.99. The molecular weight excluding hydrogens is 172 g/mol. The lowest BCUT2D eigenvalue weighted by Crippen LogP contribution is -2.26. The van der Waals surface area contributed by atoms with Crippen molar-refractivity contribution in [2.45, 2.75) is 32.9 Å². The number of hydrogen-bond acceptors (Lipinski definition) is 2. The van der Waals surface area contributed by atoms with Crippen LogP contribution in [0, 0.1) is 19.3 Å². The van der Waals surface area contributed by atoms with E-state index < -0.39 is 0 Å². The van der Waals surface area contributed by atoms with Gasteiger partial charge in [-0.25, -0.2) is 0 Å². The molecule has 0 aliphatic heterocycles. The van der Waals surface area contributed by atoms with E-state index in [9.17, 15) is 0 Å². The van der Waals surface area contributed by atoms with Crippen LogP contribution in [-0.2, 0) is 6.54 Å². The minimum atomic E-state index is 0.151. The van der Waals surface area contributed by atoms with E-state index >= 15 is 0 Å². The molecule has 0 spiro atoms. The number of nitrogens with one attached hydrogen (secondary N) is 1. The highest BCUT2D eigenvalue weighted by molar-refractivity contribution is 5.12. The second-order valence-electron chi connectivity index (χ2n) is 3.34. The normalized spacial score (nSPS) is 12.1. The molecule has 0 aliphatic carbocycles. The molecule has 1 rings (SSSR count). The van der Waals surface area contributed by atoms with Crippen molar-refractivity contribution >= 4 is 0 Å². The molecule has 2 nitrogen and oxygen atoms in total. The second kappa shape index (κ2) is 5.41. The topological polar surface area (TPSA) is 24.9 Å². The number of terminal acetylenes is 1. The zero-order valence-corrected chi connectivity index (χ0v) is 8.75. The highest BCUT2D eigenvalue weighted by Gasteiger charge is 2.00. The van der Waals surface area contributed by atoms with E-state index in [1.165, 1.54) is 5.56 Å². The summed E-state index contributed by atoms with van der Waals surface area (Å²) < 4.78 is 0. The van der Waals surface area contributed by atoms with Crippen molar-refractivity contribution in [1.82, 2.24) is 10.3 Å². The third-order valence-electron chi connectivity index (χ3n) is 2.11. The summed E-state index contributed by atoms with van der Waals surface area (Å²) >= 11 is 0. The van der Waals surface area contributed by atoms with Crippen LogP contribution in [0.15, 0.2) is 18.3 Å². The molecule has 1 N–H and O–H groups in total. The Balaban J connectivity index is 2.46. The first-order valence-electron chi connectivity index (χ1n) is 4.87. The van der Waals surface area contributed by atoms with E-state index in [-0.39, 0.29) is 6.04 Å². The summed E-state index contributed by atoms with van der Waals surface area (Å²) in [7, 11) is 0. The molecule has 0 saturated heterocycles. The van der Waals surface area contributed by atoms with Gasteiger partial charge in [-0.3, -0.25) is 10.3 Å². The van der Waals surface area contributed by atoms with Crippen molar-refractivity contribution in [3.63, 3.8) is 0 Å². The van der Waals surface area contributed by atoms with Crippen LogP contribution in [0.4, 0.5) is 0 Å². The molecule has 1 atom stereocenters. The van der Waals surface area contributed by atoms with Gasteiger partial charge in [-0.1, -0.05) is 18.9 Å². The summed E-state index contributed by atoms with van der Waals surface area (Å²) in [6, 6.07) is 4.23. The van der Waals surface area contributed by atoms with Crippen molar-refractivity contribution in [1.29, 1.82) is 0 Å². The summed E-state index contributed by atoms with van der Waals surface area (Å²) in [6.45, 7) is 4.84. The molecular formula is C12H16N2. The molecule has 1 aromatic heterocycles. The Morgan fingerprint density at radius 1 is 1.57 bits per heavy atom. The van der Waals surface area contributed by atoms with Crippen LogP contribution in [0.25, 0.3) is 0 Å². The van der Waals surface area contributed by atoms with Crippen molar-refractivity contribution < 1.29 is 0 Å². The van der Waals surface area contributed by atoms with E-state index in [1.807, 2.05) is 19.2 Å². The Morgan fingerprint density at radius 3 is 2.86 bits per heavy atom. The maximum atomic E-state index is 5.34. The van der Waals surface area contributed by atoms with Crippen LogP contribution in [0.2, 0.25) is 0 Å². The molecule has 2 heteroatoms. The first-order chi connectivity index (χ1) is 6.76. The van der Waals surface area contributed by atoms with E-state index in [0.29, 0.717) is 0 Å². The van der Waals surface area contributed by atoms with Crippen molar-refractivity contribution in [3.8, 4) is 12.3 Å². The predicted molar refractivity (Wildman–Crippen MR) is 58.7 cm³/mol. The number of rotatable bonds is 4. The maximum absolute atomic E-state index is 5.34. The fraction of sp³-hybridized carbons (Fsp3) is 0.417. The number of nitrogens with zero attached hydrogens (tertiary/aromatic N) is 1. The van der Waals surface area contributed by atoms with Crippen LogP contribution in [0.3, 0.4) is 0 Å². The number of pyridine rings is 1. The van der Waals surface area contributed by atoms with Crippen LogP contribution in [-0.4, -0.2) is 11.0 Å². The Labute approximate surface area is 85.8 Å². The van der Waals surface area contributed by atoms with E-state index in [1.54, 1.807) is 0 Å². The summed E-state index contributed by atoms with van der Waals surface area (Å²) in [5, 5.41) is 3.26. The van der Waals surface area contributed by atoms with E-state index in [0.717, 1.165) is 18.7 Å². The maximum Gasteiger partial charge on any atom is 0.0687 e. The van der Waals surface area contributed by atoms with Crippen LogP contribution in [0.1, 0.15) is 24.6 Å². The van der Waals surface area contributed by atoms with Crippen molar-refractivity contribution in [2.24, 2.45) is 0 Å². The molecule has 0 radical (unpaired) electrons. The van der Waals surface area contributed by atoms with Gasteiger partial charge in [0, 0.05) is 12.7 Å². The Kier molecular flexibility index (Phi) is 4.15. The van der Waals surface area contributed by atoms with Gasteiger partial charge in [0.25, 0.3) is 0 Å². The van der Waals surface area contributed by atoms with Gasteiger partial charge in [0.15, 0.2) is 0 Å². The number of aromatic nitrogens is 1. The van der Waals surface area contributed by atoms with Gasteiger partial charge in [0.05, 0.1) is 11.7 Å². The standard InChI is InChI=1S/C12H16N2/c1-4-11(5-2)14-9-12-7-6-10(3)8-13-12/h1,6-8,11,14H,5,9H2,2-3H3. The highest BCUT2D eigenvalue weighted by atomic mass is 14.9. The smallest absolute Gasteiger partial charge is 0.0687 e.